The maximum atomic E-state index is 6.37. The lowest BCUT2D eigenvalue weighted by Gasteiger charge is -2.32. The molecule has 0 bridgehead atoms. The van der Waals surface area contributed by atoms with Gasteiger partial charge in [0.15, 0.2) is 0 Å². The minimum absolute atomic E-state index is 0.394. The number of thiophene rings is 1. The highest BCUT2D eigenvalue weighted by atomic mass is 32.1. The second kappa shape index (κ2) is 13.2. The van der Waals surface area contributed by atoms with Crippen molar-refractivity contribution in [2.45, 2.75) is 38.9 Å². The summed E-state index contributed by atoms with van der Waals surface area (Å²) in [6.45, 7) is 8.37. The fraction of sp³-hybridized carbons (Fsp3) is 0.125. The lowest BCUT2D eigenvalue weighted by Crippen LogP contribution is -2.41. The van der Waals surface area contributed by atoms with Crippen LogP contribution in [0.1, 0.15) is 27.7 Å². The third-order valence-corrected chi connectivity index (χ3v) is 12.1. The molecule has 0 unspecified atom stereocenters. The molecule has 0 aliphatic carbocycles. The van der Waals surface area contributed by atoms with Crippen molar-refractivity contribution in [3.63, 3.8) is 0 Å². The summed E-state index contributed by atoms with van der Waals surface area (Å²) in [5.41, 5.74) is 10.7. The third-order valence-electron chi connectivity index (χ3n) is 11.0. The first-order chi connectivity index (χ1) is 25.7. The molecule has 1 aliphatic rings. The van der Waals surface area contributed by atoms with Crippen LogP contribution >= 0.6 is 11.3 Å². The molecule has 258 valence electrons. The van der Waals surface area contributed by atoms with Crippen molar-refractivity contribution < 1.29 is 9.31 Å². The van der Waals surface area contributed by atoms with Gasteiger partial charge in [0.1, 0.15) is 0 Å². The Labute approximate surface area is 316 Å². The van der Waals surface area contributed by atoms with Gasteiger partial charge < -0.3 is 14.2 Å². The number of hydrogen-bond donors (Lipinski definition) is 0. The van der Waals surface area contributed by atoms with Crippen LogP contribution in [0.5, 0.6) is 0 Å². The van der Waals surface area contributed by atoms with Gasteiger partial charge in [0, 0.05) is 37.2 Å². The maximum absolute atomic E-state index is 6.37. The Morgan fingerprint density at radius 2 is 0.830 bits per heavy atom. The molecule has 5 heteroatoms. The predicted octanol–water partition coefficient (Wildman–Crippen LogP) is 12.8. The number of benzene rings is 7. The van der Waals surface area contributed by atoms with Gasteiger partial charge in [-0.3, -0.25) is 0 Å². The summed E-state index contributed by atoms with van der Waals surface area (Å²) in [6, 6.07) is 61.2. The van der Waals surface area contributed by atoms with Crippen LogP contribution in [0.4, 0.5) is 17.1 Å². The van der Waals surface area contributed by atoms with E-state index in [1.807, 2.05) is 11.3 Å². The van der Waals surface area contributed by atoms with E-state index in [-0.39, 0.29) is 0 Å². The van der Waals surface area contributed by atoms with Crippen LogP contribution in [0.2, 0.25) is 0 Å². The molecule has 0 saturated carbocycles. The van der Waals surface area contributed by atoms with Crippen molar-refractivity contribution in [3.05, 3.63) is 170 Å². The molecule has 0 amide bonds. The van der Waals surface area contributed by atoms with E-state index in [4.69, 9.17) is 9.31 Å². The first-order valence-electron chi connectivity index (χ1n) is 18.3. The molecule has 7 aromatic carbocycles. The van der Waals surface area contributed by atoms with Crippen LogP contribution in [0.3, 0.4) is 0 Å². The SMILES string of the molecule is CC1(C)OB(c2ccc(N(c3ccc(-c4ccc(-c5ccccc5)cc4)cc3)c3ccc(-c4ccc5c(c4)sc4ccccc45)cc3)cc2)OC1(C)C. The van der Waals surface area contributed by atoms with Gasteiger partial charge in [-0.1, -0.05) is 121 Å². The van der Waals surface area contributed by atoms with Crippen molar-refractivity contribution in [1.29, 1.82) is 0 Å². The molecule has 9 rings (SSSR count). The Hall–Kier alpha value is -5.46. The molecule has 0 atom stereocenters. The molecule has 1 fully saturated rings. The average molecular weight is 706 g/mol. The van der Waals surface area contributed by atoms with Gasteiger partial charge in [-0.15, -0.1) is 11.3 Å². The molecule has 0 radical (unpaired) electrons. The first kappa shape index (κ1) is 33.4. The van der Waals surface area contributed by atoms with Crippen molar-refractivity contribution in [2.75, 3.05) is 4.90 Å². The summed E-state index contributed by atoms with van der Waals surface area (Å²) in [7, 11) is -0.410. The topological polar surface area (TPSA) is 21.7 Å². The van der Waals surface area contributed by atoms with E-state index in [1.54, 1.807) is 0 Å². The van der Waals surface area contributed by atoms with Crippen molar-refractivity contribution in [2.24, 2.45) is 0 Å². The Bertz CT molecular complexity index is 2520. The van der Waals surface area contributed by atoms with E-state index in [0.29, 0.717) is 0 Å². The number of anilines is 3. The summed E-state index contributed by atoms with van der Waals surface area (Å²) >= 11 is 1.86. The van der Waals surface area contributed by atoms with Gasteiger partial charge in [0.05, 0.1) is 11.2 Å². The largest absolute Gasteiger partial charge is 0.494 e. The van der Waals surface area contributed by atoms with Crippen LogP contribution in [0.25, 0.3) is 53.6 Å². The molecule has 8 aromatic rings. The zero-order valence-corrected chi connectivity index (χ0v) is 31.2. The van der Waals surface area contributed by atoms with Gasteiger partial charge in [0.2, 0.25) is 0 Å². The lowest BCUT2D eigenvalue weighted by molar-refractivity contribution is 0.00578. The van der Waals surface area contributed by atoms with Crippen LogP contribution in [-0.2, 0) is 9.31 Å². The number of fused-ring (bicyclic) bond motifs is 3. The zero-order chi connectivity index (χ0) is 36.2. The molecule has 0 N–H and O–H groups in total. The standard InChI is InChI=1S/C48H40BNO2S/c1-47(2)48(3,4)52-49(51-47)39-23-29-42(30-24-39)50(40-25-18-36(19-26-40)35-16-14-34(15-17-35)33-10-6-5-7-11-33)41-27-20-37(21-28-41)38-22-31-44-43-12-8-9-13-45(43)53-46(44)32-38/h5-32H,1-4H3. The summed E-state index contributed by atoms with van der Waals surface area (Å²) < 4.78 is 15.4. The minimum Gasteiger partial charge on any atom is -0.399 e. The van der Waals surface area contributed by atoms with E-state index < -0.39 is 18.3 Å². The van der Waals surface area contributed by atoms with Crippen LogP contribution in [0, 0.1) is 0 Å². The van der Waals surface area contributed by atoms with E-state index in [0.717, 1.165) is 22.5 Å². The first-order valence-corrected chi connectivity index (χ1v) is 19.1. The van der Waals surface area contributed by atoms with E-state index in [1.165, 1.54) is 53.6 Å². The summed E-state index contributed by atoms with van der Waals surface area (Å²) in [5, 5.41) is 2.64. The van der Waals surface area contributed by atoms with E-state index in [9.17, 15) is 0 Å². The Morgan fingerprint density at radius 3 is 1.40 bits per heavy atom. The summed E-state index contributed by atoms with van der Waals surface area (Å²) in [6.07, 6.45) is 0. The van der Waals surface area contributed by atoms with Crippen LogP contribution in [0.15, 0.2) is 170 Å². The molecule has 53 heavy (non-hydrogen) atoms. The fourth-order valence-electron chi connectivity index (χ4n) is 7.20. The van der Waals surface area contributed by atoms with E-state index >= 15 is 0 Å². The fourth-order valence-corrected chi connectivity index (χ4v) is 8.35. The Kier molecular flexibility index (Phi) is 8.31. The van der Waals surface area contributed by atoms with Crippen molar-refractivity contribution in [1.82, 2.24) is 0 Å². The zero-order valence-electron chi connectivity index (χ0n) is 30.4. The second-order valence-electron chi connectivity index (χ2n) is 14.9. The highest BCUT2D eigenvalue weighted by Crippen LogP contribution is 2.40. The molecule has 0 spiro atoms. The van der Waals surface area contributed by atoms with Crippen LogP contribution in [-0.4, -0.2) is 18.3 Å². The predicted molar refractivity (Wildman–Crippen MR) is 226 cm³/mol. The molecule has 2 heterocycles. The Morgan fingerprint density at radius 1 is 0.415 bits per heavy atom. The highest BCUT2D eigenvalue weighted by molar-refractivity contribution is 7.25. The molecule has 3 nitrogen and oxygen atoms in total. The van der Waals surface area contributed by atoms with Gasteiger partial charge in [-0.25, -0.2) is 0 Å². The van der Waals surface area contributed by atoms with Gasteiger partial charge in [0.25, 0.3) is 0 Å². The Balaban J connectivity index is 1.04. The minimum atomic E-state index is -0.410. The quantitative estimate of drug-likeness (QED) is 0.154. The molecule has 1 saturated heterocycles. The van der Waals surface area contributed by atoms with Gasteiger partial charge >= 0.3 is 7.12 Å². The monoisotopic (exact) mass is 705 g/mol. The van der Waals surface area contributed by atoms with E-state index in [2.05, 4.69) is 202 Å². The highest BCUT2D eigenvalue weighted by Gasteiger charge is 2.51. The average Bonchev–Trinajstić information content (AvgIpc) is 3.67. The van der Waals surface area contributed by atoms with Crippen molar-refractivity contribution in [3.8, 4) is 33.4 Å². The third kappa shape index (κ3) is 6.25. The normalized spacial score (nSPS) is 14.9. The number of hydrogen-bond acceptors (Lipinski definition) is 4. The number of rotatable bonds is 7. The molecular formula is C48H40BNO2S. The van der Waals surface area contributed by atoms with Crippen LogP contribution < -0.4 is 10.4 Å². The lowest BCUT2D eigenvalue weighted by atomic mass is 9.79. The second-order valence-corrected chi connectivity index (χ2v) is 15.9. The molecule has 1 aliphatic heterocycles. The van der Waals surface area contributed by atoms with Crippen molar-refractivity contribution >= 4 is 61.2 Å². The smallest absolute Gasteiger partial charge is 0.399 e. The molecule has 1 aromatic heterocycles. The maximum Gasteiger partial charge on any atom is 0.494 e. The number of nitrogens with zero attached hydrogens (tertiary/aromatic N) is 1. The summed E-state index contributed by atoms with van der Waals surface area (Å²) in [4.78, 5) is 2.31. The summed E-state index contributed by atoms with van der Waals surface area (Å²) in [5.74, 6) is 0. The van der Waals surface area contributed by atoms with Gasteiger partial charge in [-0.2, -0.15) is 0 Å². The molecular weight excluding hydrogens is 665 g/mol. The van der Waals surface area contributed by atoms with Gasteiger partial charge in [-0.05, 0) is 115 Å².